The second kappa shape index (κ2) is 6.70. The summed E-state index contributed by atoms with van der Waals surface area (Å²) in [6, 6.07) is 19.3. The van der Waals surface area contributed by atoms with Crippen LogP contribution < -0.4 is 9.47 Å². The van der Waals surface area contributed by atoms with Gasteiger partial charge in [0.1, 0.15) is 18.6 Å². The highest BCUT2D eigenvalue weighted by molar-refractivity contribution is 5.63. The van der Waals surface area contributed by atoms with E-state index in [4.69, 9.17) is 14.3 Å². The van der Waals surface area contributed by atoms with Crippen molar-refractivity contribution in [2.45, 2.75) is 6.61 Å². The lowest BCUT2D eigenvalue weighted by Crippen LogP contribution is -2.01. The van der Waals surface area contributed by atoms with Gasteiger partial charge in [-0.2, -0.15) is 0 Å². The first-order chi connectivity index (χ1) is 11.2. The van der Waals surface area contributed by atoms with Crippen LogP contribution in [0.25, 0.3) is 11.1 Å². The summed E-state index contributed by atoms with van der Waals surface area (Å²) in [6.45, 7) is 0.261. The highest BCUT2D eigenvalue weighted by Crippen LogP contribution is 2.23. The summed E-state index contributed by atoms with van der Waals surface area (Å²) in [5.74, 6) is 0.641. The molecule has 5 nitrogen and oxygen atoms in total. The molecule has 0 aliphatic heterocycles. The van der Waals surface area contributed by atoms with E-state index in [9.17, 15) is 4.79 Å². The van der Waals surface area contributed by atoms with Gasteiger partial charge in [-0.3, -0.25) is 0 Å². The summed E-state index contributed by atoms with van der Waals surface area (Å²) < 4.78 is 15.0. The highest BCUT2D eigenvalue weighted by atomic mass is 16.7. The van der Waals surface area contributed by atoms with Gasteiger partial charge in [0.05, 0.1) is 0 Å². The standard InChI is InChI=1S/C18H14O5/c19-18(20)23-17-10-13(12-22-17)11-21-16-8-6-15(7-9-16)14-4-2-1-3-5-14/h1-10,12H,11H2,(H,19,20). The Balaban J connectivity index is 1.60. The van der Waals surface area contributed by atoms with Crippen LogP contribution in [0, 0.1) is 0 Å². The molecule has 1 heterocycles. The molecule has 0 radical (unpaired) electrons. The van der Waals surface area contributed by atoms with Crippen LogP contribution in [0.15, 0.2) is 71.3 Å². The molecule has 0 saturated carbocycles. The van der Waals surface area contributed by atoms with Crippen LogP contribution in [0.3, 0.4) is 0 Å². The molecule has 1 aromatic heterocycles. The fourth-order valence-electron chi connectivity index (χ4n) is 2.11. The van der Waals surface area contributed by atoms with E-state index < -0.39 is 6.16 Å². The first-order valence-corrected chi connectivity index (χ1v) is 6.97. The summed E-state index contributed by atoms with van der Waals surface area (Å²) in [5.41, 5.74) is 2.94. The smallest absolute Gasteiger partial charge is 0.489 e. The van der Waals surface area contributed by atoms with Crippen molar-refractivity contribution in [2.75, 3.05) is 0 Å². The second-order valence-electron chi connectivity index (χ2n) is 4.82. The molecule has 3 aromatic rings. The topological polar surface area (TPSA) is 68.9 Å². The van der Waals surface area contributed by atoms with Crippen molar-refractivity contribution >= 4 is 6.16 Å². The van der Waals surface area contributed by atoms with Gasteiger partial charge in [0, 0.05) is 11.6 Å². The quantitative estimate of drug-likeness (QED) is 0.698. The number of carboxylic acid groups (broad SMARTS) is 1. The molecule has 0 atom stereocenters. The molecule has 0 amide bonds. The van der Waals surface area contributed by atoms with Gasteiger partial charge in [-0.05, 0) is 23.3 Å². The minimum absolute atomic E-state index is 0.0736. The maximum Gasteiger partial charge on any atom is 0.513 e. The van der Waals surface area contributed by atoms with Crippen LogP contribution in [0.1, 0.15) is 5.56 Å². The predicted molar refractivity (Wildman–Crippen MR) is 83.6 cm³/mol. The van der Waals surface area contributed by atoms with Crippen LogP contribution in [0.5, 0.6) is 11.7 Å². The largest absolute Gasteiger partial charge is 0.513 e. The van der Waals surface area contributed by atoms with Crippen LogP contribution in [0.2, 0.25) is 0 Å². The number of carbonyl (C=O) groups is 1. The fourth-order valence-corrected chi connectivity index (χ4v) is 2.11. The Morgan fingerprint density at radius 1 is 1.00 bits per heavy atom. The normalized spacial score (nSPS) is 10.3. The Morgan fingerprint density at radius 2 is 1.70 bits per heavy atom. The third-order valence-electron chi connectivity index (χ3n) is 3.18. The van der Waals surface area contributed by atoms with Gasteiger partial charge < -0.3 is 19.0 Å². The van der Waals surface area contributed by atoms with Gasteiger partial charge in [-0.25, -0.2) is 4.79 Å². The average Bonchev–Trinajstić information content (AvgIpc) is 3.01. The Labute approximate surface area is 132 Å². The summed E-state index contributed by atoms with van der Waals surface area (Å²) >= 11 is 0. The first kappa shape index (κ1) is 14.7. The lowest BCUT2D eigenvalue weighted by atomic mass is 10.1. The van der Waals surface area contributed by atoms with E-state index in [2.05, 4.69) is 4.74 Å². The van der Waals surface area contributed by atoms with E-state index in [1.165, 1.54) is 12.3 Å². The number of furan rings is 1. The SMILES string of the molecule is O=C(O)Oc1cc(COc2ccc(-c3ccccc3)cc2)co1. The lowest BCUT2D eigenvalue weighted by Gasteiger charge is -2.06. The maximum atomic E-state index is 10.4. The average molecular weight is 310 g/mol. The maximum absolute atomic E-state index is 10.4. The van der Waals surface area contributed by atoms with E-state index in [1.54, 1.807) is 0 Å². The minimum atomic E-state index is -1.41. The number of ether oxygens (including phenoxy) is 2. The molecule has 0 aliphatic rings. The highest BCUT2D eigenvalue weighted by Gasteiger charge is 2.07. The molecular weight excluding hydrogens is 296 g/mol. The zero-order valence-corrected chi connectivity index (χ0v) is 12.1. The second-order valence-corrected chi connectivity index (χ2v) is 4.82. The summed E-state index contributed by atoms with van der Waals surface area (Å²) in [6.07, 6.45) is -0.0142. The van der Waals surface area contributed by atoms with Gasteiger partial charge in [0.15, 0.2) is 0 Å². The van der Waals surface area contributed by atoms with Crippen molar-refractivity contribution in [1.82, 2.24) is 0 Å². The molecule has 23 heavy (non-hydrogen) atoms. The molecule has 2 aromatic carbocycles. The molecule has 0 spiro atoms. The molecule has 0 bridgehead atoms. The van der Waals surface area contributed by atoms with Crippen molar-refractivity contribution in [3.63, 3.8) is 0 Å². The van der Waals surface area contributed by atoms with E-state index in [0.717, 1.165) is 11.1 Å². The zero-order chi connectivity index (χ0) is 16.1. The Morgan fingerprint density at radius 3 is 2.39 bits per heavy atom. The predicted octanol–water partition coefficient (Wildman–Crippen LogP) is 4.58. The molecule has 116 valence electrons. The minimum Gasteiger partial charge on any atom is -0.489 e. The summed E-state index contributed by atoms with van der Waals surface area (Å²) in [4.78, 5) is 10.4. The third kappa shape index (κ3) is 3.91. The van der Waals surface area contributed by atoms with Crippen molar-refractivity contribution in [2.24, 2.45) is 0 Å². The van der Waals surface area contributed by atoms with Gasteiger partial charge in [-0.1, -0.05) is 42.5 Å². The number of rotatable bonds is 5. The van der Waals surface area contributed by atoms with Gasteiger partial charge >= 0.3 is 6.16 Å². The zero-order valence-electron chi connectivity index (χ0n) is 12.1. The van der Waals surface area contributed by atoms with Crippen LogP contribution in [0.4, 0.5) is 4.79 Å². The molecule has 3 rings (SSSR count). The molecule has 0 fully saturated rings. The van der Waals surface area contributed by atoms with E-state index in [1.807, 2.05) is 54.6 Å². The van der Waals surface area contributed by atoms with E-state index in [-0.39, 0.29) is 12.6 Å². The fraction of sp³-hybridized carbons (Fsp3) is 0.0556. The molecule has 0 saturated heterocycles. The van der Waals surface area contributed by atoms with Crippen LogP contribution in [-0.4, -0.2) is 11.3 Å². The molecule has 0 aliphatic carbocycles. The monoisotopic (exact) mass is 310 g/mol. The Hall–Kier alpha value is -3.21. The van der Waals surface area contributed by atoms with Crippen molar-refractivity contribution in [1.29, 1.82) is 0 Å². The van der Waals surface area contributed by atoms with E-state index in [0.29, 0.717) is 11.3 Å². The van der Waals surface area contributed by atoms with Gasteiger partial charge in [0.25, 0.3) is 5.95 Å². The van der Waals surface area contributed by atoms with Gasteiger partial charge in [-0.15, -0.1) is 0 Å². The summed E-state index contributed by atoms with van der Waals surface area (Å²) in [7, 11) is 0. The third-order valence-corrected chi connectivity index (χ3v) is 3.18. The number of hydrogen-bond acceptors (Lipinski definition) is 4. The van der Waals surface area contributed by atoms with Gasteiger partial charge in [0.2, 0.25) is 0 Å². The molecular formula is C18H14O5. The van der Waals surface area contributed by atoms with Crippen molar-refractivity contribution < 1.29 is 23.8 Å². The van der Waals surface area contributed by atoms with Crippen LogP contribution >= 0.6 is 0 Å². The molecule has 1 N–H and O–H groups in total. The summed E-state index contributed by atoms with van der Waals surface area (Å²) in [5, 5.41) is 8.49. The Bertz CT molecular complexity index is 775. The van der Waals surface area contributed by atoms with E-state index >= 15 is 0 Å². The molecule has 0 unspecified atom stereocenters. The van der Waals surface area contributed by atoms with Crippen molar-refractivity contribution in [3.05, 3.63) is 72.5 Å². The number of benzene rings is 2. The lowest BCUT2D eigenvalue weighted by molar-refractivity contribution is 0.133. The van der Waals surface area contributed by atoms with Crippen LogP contribution in [-0.2, 0) is 6.61 Å². The molecule has 5 heteroatoms. The number of hydrogen-bond donors (Lipinski definition) is 1. The first-order valence-electron chi connectivity index (χ1n) is 6.97. The Kier molecular flexibility index (Phi) is 4.29. The van der Waals surface area contributed by atoms with Crippen molar-refractivity contribution in [3.8, 4) is 22.8 Å².